The van der Waals surface area contributed by atoms with Gasteiger partial charge in [-0.15, -0.1) is 6.58 Å². The first-order valence-corrected chi connectivity index (χ1v) is 6.43. The van der Waals surface area contributed by atoms with E-state index in [4.69, 9.17) is 11.6 Å². The third-order valence-electron chi connectivity index (χ3n) is 3.22. The van der Waals surface area contributed by atoms with Crippen molar-refractivity contribution in [3.8, 4) is 0 Å². The molecule has 1 unspecified atom stereocenters. The summed E-state index contributed by atoms with van der Waals surface area (Å²) in [6.07, 6.45) is 4.18. The summed E-state index contributed by atoms with van der Waals surface area (Å²) in [4.78, 5) is 21.0. The highest BCUT2D eigenvalue weighted by Crippen LogP contribution is 2.22. The summed E-state index contributed by atoms with van der Waals surface area (Å²) >= 11 is 5.99. The van der Waals surface area contributed by atoms with Gasteiger partial charge in [0.25, 0.3) is 5.91 Å². The van der Waals surface area contributed by atoms with E-state index in [0.717, 1.165) is 11.8 Å². The molecular formula is C14H16ClN3O. The van der Waals surface area contributed by atoms with E-state index in [0.29, 0.717) is 16.4 Å². The van der Waals surface area contributed by atoms with E-state index in [1.165, 1.54) is 0 Å². The quantitative estimate of drug-likeness (QED) is 0.689. The van der Waals surface area contributed by atoms with Crippen molar-refractivity contribution in [2.45, 2.75) is 19.4 Å². The summed E-state index contributed by atoms with van der Waals surface area (Å²) in [7, 11) is 1.78. The van der Waals surface area contributed by atoms with E-state index in [9.17, 15) is 4.79 Å². The molecule has 4 nitrogen and oxygen atoms in total. The van der Waals surface area contributed by atoms with Crippen LogP contribution < -0.4 is 0 Å². The number of H-pyrrole nitrogens is 1. The summed E-state index contributed by atoms with van der Waals surface area (Å²) in [5, 5.41) is 1.26. The average Bonchev–Trinajstić information content (AvgIpc) is 2.82. The molecule has 19 heavy (non-hydrogen) atoms. The number of nitrogens with zero attached hydrogens (tertiary/aromatic N) is 2. The number of nitrogens with one attached hydrogen (secondary N) is 1. The van der Waals surface area contributed by atoms with Gasteiger partial charge in [0.1, 0.15) is 5.69 Å². The number of hydrogen-bond acceptors (Lipinski definition) is 2. The van der Waals surface area contributed by atoms with E-state index >= 15 is 0 Å². The fourth-order valence-electron chi connectivity index (χ4n) is 1.92. The minimum absolute atomic E-state index is 0.0679. The molecule has 2 aromatic rings. The fraction of sp³-hybridized carbons (Fsp3) is 0.286. The zero-order valence-electron chi connectivity index (χ0n) is 11.0. The van der Waals surface area contributed by atoms with Gasteiger partial charge in [-0.05, 0) is 25.5 Å². The van der Waals surface area contributed by atoms with Gasteiger partial charge in [-0.3, -0.25) is 4.79 Å². The lowest BCUT2D eigenvalue weighted by Gasteiger charge is -2.23. The van der Waals surface area contributed by atoms with Crippen molar-refractivity contribution in [1.29, 1.82) is 0 Å². The smallest absolute Gasteiger partial charge is 0.270 e. The Morgan fingerprint density at radius 1 is 1.68 bits per heavy atom. The molecule has 0 radical (unpaired) electrons. The summed E-state index contributed by atoms with van der Waals surface area (Å²) in [6.45, 7) is 5.67. The predicted molar refractivity (Wildman–Crippen MR) is 77.5 cm³/mol. The first-order chi connectivity index (χ1) is 9.04. The van der Waals surface area contributed by atoms with Crippen molar-refractivity contribution in [3.05, 3.63) is 41.8 Å². The van der Waals surface area contributed by atoms with Gasteiger partial charge < -0.3 is 9.88 Å². The van der Waals surface area contributed by atoms with Crippen molar-refractivity contribution >= 4 is 28.4 Å². The molecular weight excluding hydrogens is 262 g/mol. The van der Waals surface area contributed by atoms with E-state index in [1.807, 2.05) is 13.0 Å². The lowest BCUT2D eigenvalue weighted by atomic mass is 10.2. The topological polar surface area (TPSA) is 49.0 Å². The molecule has 0 saturated carbocycles. The van der Waals surface area contributed by atoms with Crippen LogP contribution in [0.3, 0.4) is 0 Å². The fourth-order valence-corrected chi connectivity index (χ4v) is 2.14. The molecule has 0 bridgehead atoms. The van der Waals surface area contributed by atoms with Crippen LogP contribution >= 0.6 is 11.6 Å². The number of hydrogen-bond donors (Lipinski definition) is 1. The van der Waals surface area contributed by atoms with Crippen molar-refractivity contribution in [3.63, 3.8) is 0 Å². The van der Waals surface area contributed by atoms with Gasteiger partial charge in [0.05, 0.1) is 5.52 Å². The second-order valence-corrected chi connectivity index (χ2v) is 4.90. The highest BCUT2D eigenvalue weighted by molar-refractivity contribution is 6.33. The minimum atomic E-state index is -0.0679. The van der Waals surface area contributed by atoms with Gasteiger partial charge in [-0.2, -0.15) is 0 Å². The first kappa shape index (κ1) is 13.6. The molecule has 0 aliphatic carbocycles. The number of amides is 1. The van der Waals surface area contributed by atoms with Crippen LogP contribution in [0.1, 0.15) is 23.8 Å². The van der Waals surface area contributed by atoms with Crippen LogP contribution in [0.5, 0.6) is 0 Å². The highest BCUT2D eigenvalue weighted by Gasteiger charge is 2.19. The van der Waals surface area contributed by atoms with Crippen LogP contribution in [-0.2, 0) is 0 Å². The Morgan fingerprint density at radius 3 is 3.05 bits per heavy atom. The first-order valence-electron chi connectivity index (χ1n) is 6.06. The second kappa shape index (κ2) is 5.45. The third-order valence-corrected chi connectivity index (χ3v) is 3.50. The number of carbonyl (C=O) groups is 1. The van der Waals surface area contributed by atoms with Crippen LogP contribution in [-0.4, -0.2) is 33.9 Å². The normalized spacial score (nSPS) is 12.4. The van der Waals surface area contributed by atoms with E-state index < -0.39 is 0 Å². The van der Waals surface area contributed by atoms with Crippen LogP contribution in [0.15, 0.2) is 31.0 Å². The zero-order chi connectivity index (χ0) is 14.0. The third kappa shape index (κ3) is 2.63. The Bertz CT molecular complexity index is 620. The van der Waals surface area contributed by atoms with Crippen LogP contribution in [0.25, 0.3) is 10.9 Å². The predicted octanol–water partition coefficient (Wildman–Crippen LogP) is 3.25. The second-order valence-electron chi connectivity index (χ2n) is 4.54. The summed E-state index contributed by atoms with van der Waals surface area (Å²) < 4.78 is 0. The van der Waals surface area contributed by atoms with Gasteiger partial charge in [0, 0.05) is 24.7 Å². The van der Waals surface area contributed by atoms with Crippen LogP contribution in [0.4, 0.5) is 0 Å². The molecule has 0 spiro atoms. The number of aromatic nitrogens is 2. The van der Waals surface area contributed by atoms with Crippen LogP contribution in [0.2, 0.25) is 5.15 Å². The number of carbonyl (C=O) groups excluding carboxylic acids is 1. The Morgan fingerprint density at radius 2 is 2.42 bits per heavy atom. The number of fused-ring (bicyclic) bond motifs is 1. The Kier molecular flexibility index (Phi) is 3.90. The van der Waals surface area contributed by atoms with E-state index in [1.54, 1.807) is 30.3 Å². The molecule has 2 aromatic heterocycles. The molecule has 0 aliphatic rings. The highest BCUT2D eigenvalue weighted by atomic mass is 35.5. The minimum Gasteiger partial charge on any atom is -0.348 e. The van der Waals surface area contributed by atoms with E-state index in [2.05, 4.69) is 16.5 Å². The van der Waals surface area contributed by atoms with Gasteiger partial charge >= 0.3 is 0 Å². The standard InChI is InChI=1S/C14H16ClN3O/c1-4-5-9(2)18(3)14(19)11-8-10-6-7-16-13(15)12(10)17-11/h4,6-9,17H,1,5H2,2-3H3. The Hall–Kier alpha value is -1.81. The molecule has 1 atom stereocenters. The van der Waals surface area contributed by atoms with Crippen molar-refractivity contribution in [2.75, 3.05) is 7.05 Å². The average molecular weight is 278 g/mol. The molecule has 5 heteroatoms. The van der Waals surface area contributed by atoms with Crippen LogP contribution in [0, 0.1) is 0 Å². The molecule has 100 valence electrons. The van der Waals surface area contributed by atoms with Gasteiger partial charge in [-0.1, -0.05) is 17.7 Å². The maximum atomic E-state index is 12.3. The summed E-state index contributed by atoms with van der Waals surface area (Å²) in [6, 6.07) is 3.72. The molecule has 0 saturated heterocycles. The molecule has 2 rings (SSSR count). The van der Waals surface area contributed by atoms with Crippen molar-refractivity contribution < 1.29 is 4.79 Å². The Balaban J connectivity index is 2.31. The lowest BCUT2D eigenvalue weighted by molar-refractivity contribution is 0.0740. The number of rotatable bonds is 4. The van der Waals surface area contributed by atoms with Crippen molar-refractivity contribution in [1.82, 2.24) is 14.9 Å². The lowest BCUT2D eigenvalue weighted by Crippen LogP contribution is -2.34. The monoisotopic (exact) mass is 277 g/mol. The molecule has 1 amide bonds. The molecule has 0 fully saturated rings. The Labute approximate surface area is 117 Å². The summed E-state index contributed by atoms with van der Waals surface area (Å²) in [5.41, 5.74) is 1.21. The SMILES string of the molecule is C=CCC(C)N(C)C(=O)c1cc2ccnc(Cl)c2[nH]1. The maximum absolute atomic E-state index is 12.3. The maximum Gasteiger partial charge on any atom is 0.270 e. The molecule has 2 heterocycles. The number of aromatic amines is 1. The van der Waals surface area contributed by atoms with Gasteiger partial charge in [0.2, 0.25) is 0 Å². The van der Waals surface area contributed by atoms with Gasteiger partial charge in [0.15, 0.2) is 5.15 Å². The zero-order valence-corrected chi connectivity index (χ0v) is 11.7. The number of halogens is 1. The number of pyridine rings is 1. The summed E-state index contributed by atoms with van der Waals surface area (Å²) in [5.74, 6) is -0.0679. The van der Waals surface area contributed by atoms with E-state index in [-0.39, 0.29) is 11.9 Å². The van der Waals surface area contributed by atoms with Gasteiger partial charge in [-0.25, -0.2) is 4.98 Å². The molecule has 0 aromatic carbocycles. The van der Waals surface area contributed by atoms with Crippen molar-refractivity contribution in [2.24, 2.45) is 0 Å². The molecule has 0 aliphatic heterocycles. The molecule has 1 N–H and O–H groups in total. The largest absolute Gasteiger partial charge is 0.348 e.